The first kappa shape index (κ1) is 14.9. The van der Waals surface area contributed by atoms with Crippen LogP contribution in [-0.2, 0) is 4.79 Å². The second kappa shape index (κ2) is 5.85. The van der Waals surface area contributed by atoms with Gasteiger partial charge in [0.25, 0.3) is 0 Å². The van der Waals surface area contributed by atoms with Gasteiger partial charge in [0.1, 0.15) is 0 Å². The fraction of sp³-hybridized carbons (Fsp3) is 0.500. The molecule has 4 nitrogen and oxygen atoms in total. The molecule has 0 aromatic heterocycles. The molecular formula is C14H19F2N3O. The number of halogens is 2. The molecule has 3 atom stereocenters. The van der Waals surface area contributed by atoms with Crippen molar-refractivity contribution in [2.24, 2.45) is 5.73 Å². The van der Waals surface area contributed by atoms with Crippen LogP contribution in [0.15, 0.2) is 18.2 Å². The molecule has 0 radical (unpaired) electrons. The van der Waals surface area contributed by atoms with Gasteiger partial charge in [0.05, 0.1) is 12.1 Å². The number of amides is 1. The summed E-state index contributed by atoms with van der Waals surface area (Å²) in [4.78, 5) is 13.7. The van der Waals surface area contributed by atoms with Crippen molar-refractivity contribution in [1.82, 2.24) is 10.2 Å². The molecule has 1 amide bonds. The molecule has 1 aliphatic rings. The van der Waals surface area contributed by atoms with E-state index in [0.717, 1.165) is 19.0 Å². The van der Waals surface area contributed by atoms with Crippen LogP contribution in [-0.4, -0.2) is 36.5 Å². The zero-order valence-corrected chi connectivity index (χ0v) is 11.6. The molecule has 110 valence electrons. The summed E-state index contributed by atoms with van der Waals surface area (Å²) in [6.07, 6.45) is 0.749. The number of benzene rings is 1. The lowest BCUT2D eigenvalue weighted by Gasteiger charge is -2.26. The second-order valence-corrected chi connectivity index (χ2v) is 5.29. The van der Waals surface area contributed by atoms with Crippen LogP contribution in [0.5, 0.6) is 0 Å². The summed E-state index contributed by atoms with van der Waals surface area (Å²) in [7, 11) is 1.89. The van der Waals surface area contributed by atoms with Crippen molar-refractivity contribution in [3.8, 4) is 0 Å². The molecule has 1 aromatic rings. The number of hydrogen-bond donors (Lipinski definition) is 2. The van der Waals surface area contributed by atoms with Crippen LogP contribution in [0.4, 0.5) is 8.78 Å². The topological polar surface area (TPSA) is 58.4 Å². The van der Waals surface area contributed by atoms with Gasteiger partial charge in [-0.1, -0.05) is 6.07 Å². The molecule has 1 heterocycles. The van der Waals surface area contributed by atoms with Gasteiger partial charge in [-0.25, -0.2) is 8.78 Å². The van der Waals surface area contributed by atoms with E-state index in [1.54, 1.807) is 13.0 Å². The third-order valence-corrected chi connectivity index (χ3v) is 3.68. The molecule has 1 saturated heterocycles. The molecule has 0 spiro atoms. The summed E-state index contributed by atoms with van der Waals surface area (Å²) in [5, 5.41) is 2.87. The Balaban J connectivity index is 2.21. The molecule has 6 heteroatoms. The zero-order chi connectivity index (χ0) is 14.9. The zero-order valence-electron chi connectivity index (χ0n) is 11.6. The fourth-order valence-electron chi connectivity index (χ4n) is 2.60. The van der Waals surface area contributed by atoms with Gasteiger partial charge < -0.3 is 11.1 Å². The SMILES string of the molecule is CC(N)C(=O)NC1CCN(C)C1c1ccc(F)c(F)c1. The van der Waals surface area contributed by atoms with Crippen LogP contribution >= 0.6 is 0 Å². The van der Waals surface area contributed by atoms with Gasteiger partial charge in [-0.05, 0) is 38.1 Å². The van der Waals surface area contributed by atoms with E-state index in [1.165, 1.54) is 6.07 Å². The number of carbonyl (C=O) groups excluding carboxylic acids is 1. The van der Waals surface area contributed by atoms with Gasteiger partial charge in [0, 0.05) is 12.6 Å². The minimum atomic E-state index is -0.875. The van der Waals surface area contributed by atoms with Gasteiger partial charge >= 0.3 is 0 Å². The summed E-state index contributed by atoms with van der Waals surface area (Å²) < 4.78 is 26.4. The Hall–Kier alpha value is -1.53. The Morgan fingerprint density at radius 2 is 2.15 bits per heavy atom. The highest BCUT2D eigenvalue weighted by molar-refractivity contribution is 5.81. The smallest absolute Gasteiger partial charge is 0.236 e. The van der Waals surface area contributed by atoms with Crippen LogP contribution in [0, 0.1) is 11.6 Å². The lowest BCUT2D eigenvalue weighted by Crippen LogP contribution is -2.45. The number of rotatable bonds is 3. The van der Waals surface area contributed by atoms with Gasteiger partial charge in [-0.2, -0.15) is 0 Å². The number of nitrogens with one attached hydrogen (secondary N) is 1. The van der Waals surface area contributed by atoms with Gasteiger partial charge in [0.15, 0.2) is 11.6 Å². The Kier molecular flexibility index (Phi) is 4.35. The van der Waals surface area contributed by atoms with Crippen LogP contribution < -0.4 is 11.1 Å². The molecule has 0 aliphatic carbocycles. The predicted molar refractivity (Wildman–Crippen MR) is 71.9 cm³/mol. The first-order valence-corrected chi connectivity index (χ1v) is 6.61. The predicted octanol–water partition coefficient (Wildman–Crippen LogP) is 1.17. The Morgan fingerprint density at radius 1 is 1.45 bits per heavy atom. The lowest BCUT2D eigenvalue weighted by atomic mass is 9.99. The molecule has 1 aliphatic heterocycles. The van der Waals surface area contributed by atoms with E-state index in [4.69, 9.17) is 5.73 Å². The lowest BCUT2D eigenvalue weighted by molar-refractivity contribution is -0.122. The van der Waals surface area contributed by atoms with Crippen LogP contribution in [0.25, 0.3) is 0 Å². The Bertz CT molecular complexity index is 507. The van der Waals surface area contributed by atoms with Gasteiger partial charge in [-0.15, -0.1) is 0 Å². The van der Waals surface area contributed by atoms with E-state index in [0.29, 0.717) is 5.56 Å². The molecule has 1 fully saturated rings. The Morgan fingerprint density at radius 3 is 2.75 bits per heavy atom. The summed E-state index contributed by atoms with van der Waals surface area (Å²) in [5.41, 5.74) is 6.19. The van der Waals surface area contributed by atoms with E-state index >= 15 is 0 Å². The molecule has 2 rings (SSSR count). The summed E-state index contributed by atoms with van der Waals surface area (Å²) in [6, 6.07) is 2.94. The quantitative estimate of drug-likeness (QED) is 0.875. The first-order chi connectivity index (χ1) is 9.40. The summed E-state index contributed by atoms with van der Waals surface area (Å²) in [6.45, 7) is 2.38. The maximum Gasteiger partial charge on any atom is 0.236 e. The normalized spacial score (nSPS) is 24.6. The maximum atomic E-state index is 13.4. The number of nitrogens with zero attached hydrogens (tertiary/aromatic N) is 1. The standard InChI is InChI=1S/C14H19F2N3O/c1-8(17)14(20)18-12-5-6-19(2)13(12)9-3-4-10(15)11(16)7-9/h3-4,7-8,12-13H,5-6,17H2,1-2H3,(H,18,20). The molecule has 1 aromatic carbocycles. The number of carbonyl (C=O) groups is 1. The third kappa shape index (κ3) is 2.96. The van der Waals surface area contributed by atoms with Crippen LogP contribution in [0.2, 0.25) is 0 Å². The van der Waals surface area contributed by atoms with Crippen molar-refractivity contribution >= 4 is 5.91 Å². The van der Waals surface area contributed by atoms with E-state index in [-0.39, 0.29) is 18.0 Å². The van der Waals surface area contributed by atoms with Crippen molar-refractivity contribution in [1.29, 1.82) is 0 Å². The molecule has 3 unspecified atom stereocenters. The average Bonchev–Trinajstić information content (AvgIpc) is 2.74. The van der Waals surface area contributed by atoms with E-state index in [9.17, 15) is 13.6 Å². The second-order valence-electron chi connectivity index (χ2n) is 5.29. The van der Waals surface area contributed by atoms with Crippen molar-refractivity contribution in [2.45, 2.75) is 31.5 Å². The highest BCUT2D eigenvalue weighted by Gasteiger charge is 2.34. The highest BCUT2D eigenvalue weighted by Crippen LogP contribution is 2.31. The number of hydrogen-bond acceptors (Lipinski definition) is 3. The number of likely N-dealkylation sites (tertiary alicyclic amines) is 1. The van der Waals surface area contributed by atoms with Crippen LogP contribution in [0.3, 0.4) is 0 Å². The fourth-order valence-corrected chi connectivity index (χ4v) is 2.60. The molecular weight excluding hydrogens is 264 g/mol. The number of likely N-dealkylation sites (N-methyl/N-ethyl adjacent to an activating group) is 1. The highest BCUT2D eigenvalue weighted by atomic mass is 19.2. The average molecular weight is 283 g/mol. The minimum absolute atomic E-state index is 0.150. The minimum Gasteiger partial charge on any atom is -0.350 e. The van der Waals surface area contributed by atoms with E-state index in [1.807, 2.05) is 11.9 Å². The molecule has 20 heavy (non-hydrogen) atoms. The van der Waals surface area contributed by atoms with E-state index < -0.39 is 17.7 Å². The molecule has 3 N–H and O–H groups in total. The number of nitrogens with two attached hydrogens (primary N) is 1. The maximum absolute atomic E-state index is 13.4. The van der Waals surface area contributed by atoms with Gasteiger partial charge in [-0.3, -0.25) is 9.69 Å². The molecule has 0 saturated carbocycles. The molecule has 0 bridgehead atoms. The Labute approximate surface area is 116 Å². The van der Waals surface area contributed by atoms with Gasteiger partial charge in [0.2, 0.25) is 5.91 Å². The van der Waals surface area contributed by atoms with E-state index in [2.05, 4.69) is 5.32 Å². The monoisotopic (exact) mass is 283 g/mol. The van der Waals surface area contributed by atoms with Crippen molar-refractivity contribution < 1.29 is 13.6 Å². The third-order valence-electron chi connectivity index (χ3n) is 3.68. The van der Waals surface area contributed by atoms with Crippen LogP contribution in [0.1, 0.15) is 24.9 Å². The first-order valence-electron chi connectivity index (χ1n) is 6.61. The summed E-state index contributed by atoms with van der Waals surface area (Å²) >= 11 is 0. The largest absolute Gasteiger partial charge is 0.350 e. The summed E-state index contributed by atoms with van der Waals surface area (Å²) in [5.74, 6) is -1.98. The van der Waals surface area contributed by atoms with Crippen molar-refractivity contribution in [2.75, 3.05) is 13.6 Å². The van der Waals surface area contributed by atoms with Crippen molar-refractivity contribution in [3.05, 3.63) is 35.4 Å². The van der Waals surface area contributed by atoms with Crippen molar-refractivity contribution in [3.63, 3.8) is 0 Å².